The summed E-state index contributed by atoms with van der Waals surface area (Å²) in [5.74, 6) is 0.751. The summed E-state index contributed by atoms with van der Waals surface area (Å²) in [7, 11) is 1.64. The van der Waals surface area contributed by atoms with Crippen molar-refractivity contribution in [3.05, 3.63) is 63.2 Å². The van der Waals surface area contributed by atoms with Gasteiger partial charge in [0.2, 0.25) is 0 Å². The molecular weight excluding hydrogens is 404 g/mol. The molecule has 2 aromatic carbocycles. The van der Waals surface area contributed by atoms with Gasteiger partial charge in [0.1, 0.15) is 18.1 Å². The monoisotopic (exact) mass is 430 g/mol. The van der Waals surface area contributed by atoms with E-state index in [1.165, 1.54) is 5.57 Å². The average Bonchev–Trinajstić information content (AvgIpc) is 2.74. The molecule has 1 aliphatic heterocycles. The molecule has 0 amide bonds. The molecule has 0 bridgehead atoms. The molecule has 1 aliphatic rings. The Hall–Kier alpha value is -2.50. The summed E-state index contributed by atoms with van der Waals surface area (Å²) in [5.41, 5.74) is 6.40. The molecule has 1 heterocycles. The van der Waals surface area contributed by atoms with Crippen molar-refractivity contribution in [3.8, 4) is 11.5 Å². The van der Waals surface area contributed by atoms with Gasteiger partial charge in [-0.15, -0.1) is 0 Å². The maximum Gasteiger partial charge on any atom is 0.303 e. The summed E-state index contributed by atoms with van der Waals surface area (Å²) in [6.45, 7) is 5.59. The summed E-state index contributed by atoms with van der Waals surface area (Å²) < 4.78 is 17.4. The number of benzene rings is 2. The number of aliphatic carboxylic acids is 1. The predicted molar refractivity (Wildman–Crippen MR) is 118 cm³/mol. The zero-order valence-electron chi connectivity index (χ0n) is 17.6. The first-order valence-electron chi connectivity index (χ1n) is 9.97. The van der Waals surface area contributed by atoms with Crippen molar-refractivity contribution in [1.29, 1.82) is 0 Å². The molecule has 0 spiro atoms. The number of rotatable bonds is 8. The fourth-order valence-corrected chi connectivity index (χ4v) is 3.85. The molecule has 0 saturated carbocycles. The van der Waals surface area contributed by atoms with Crippen molar-refractivity contribution in [1.82, 2.24) is 0 Å². The zero-order chi connectivity index (χ0) is 21.7. The van der Waals surface area contributed by atoms with Gasteiger partial charge in [-0.25, -0.2) is 0 Å². The molecule has 0 aromatic heterocycles. The molecule has 2 aromatic rings. The molecule has 0 atom stereocenters. The lowest BCUT2D eigenvalue weighted by molar-refractivity contribution is -0.136. The van der Waals surface area contributed by atoms with Gasteiger partial charge >= 0.3 is 5.97 Å². The van der Waals surface area contributed by atoms with Crippen LogP contribution in [0.25, 0.3) is 5.57 Å². The maximum absolute atomic E-state index is 10.9. The highest BCUT2D eigenvalue weighted by Gasteiger charge is 2.19. The van der Waals surface area contributed by atoms with Crippen molar-refractivity contribution >= 4 is 23.1 Å². The van der Waals surface area contributed by atoms with Crippen LogP contribution in [0.2, 0.25) is 5.02 Å². The number of carbonyl (C=O) groups is 1. The van der Waals surface area contributed by atoms with Crippen LogP contribution in [0.1, 0.15) is 35.1 Å². The van der Waals surface area contributed by atoms with Crippen LogP contribution in [0.3, 0.4) is 0 Å². The number of halogens is 1. The third kappa shape index (κ3) is 5.15. The van der Waals surface area contributed by atoms with Crippen LogP contribution in [0.4, 0.5) is 0 Å². The SMILES string of the molecule is COc1cc(Cl)ccc1C1=C(COc2ccc(CCC(=O)O)c(C)c2C)COCC1. The summed E-state index contributed by atoms with van der Waals surface area (Å²) in [5, 5.41) is 9.57. The third-order valence-corrected chi connectivity index (χ3v) is 5.78. The van der Waals surface area contributed by atoms with Crippen LogP contribution in [-0.4, -0.2) is 38.0 Å². The first-order chi connectivity index (χ1) is 14.4. The van der Waals surface area contributed by atoms with Crippen LogP contribution < -0.4 is 9.47 Å². The second-order valence-corrected chi connectivity index (χ2v) is 7.82. The van der Waals surface area contributed by atoms with Crippen LogP contribution in [-0.2, 0) is 16.0 Å². The lowest BCUT2D eigenvalue weighted by Crippen LogP contribution is -2.17. The van der Waals surface area contributed by atoms with Crippen LogP contribution in [0.15, 0.2) is 35.9 Å². The number of aryl methyl sites for hydroxylation is 1. The Morgan fingerprint density at radius 1 is 1.17 bits per heavy atom. The second-order valence-electron chi connectivity index (χ2n) is 7.38. The standard InChI is InChI=1S/C24H27ClO5/c1-15-16(2)22(8-4-17(15)5-9-24(26)27)30-14-18-13-29-11-10-20(18)21-7-6-19(25)12-23(21)28-3/h4,6-8,12H,5,9-11,13-14H2,1-3H3,(H,26,27). The largest absolute Gasteiger partial charge is 0.496 e. The number of carboxylic acid groups (broad SMARTS) is 1. The molecule has 6 heteroatoms. The van der Waals surface area contributed by atoms with E-state index in [-0.39, 0.29) is 6.42 Å². The summed E-state index contributed by atoms with van der Waals surface area (Å²) in [6, 6.07) is 9.54. The van der Waals surface area contributed by atoms with Gasteiger partial charge in [-0.3, -0.25) is 4.79 Å². The highest BCUT2D eigenvalue weighted by atomic mass is 35.5. The smallest absolute Gasteiger partial charge is 0.303 e. The molecule has 3 rings (SSSR count). The van der Waals surface area contributed by atoms with Gasteiger partial charge in [-0.05, 0) is 78.8 Å². The fraction of sp³-hybridized carbons (Fsp3) is 0.375. The number of carboxylic acids is 1. The number of methoxy groups -OCH3 is 1. The van der Waals surface area contributed by atoms with E-state index >= 15 is 0 Å². The van der Waals surface area contributed by atoms with Crippen LogP contribution in [0.5, 0.6) is 11.5 Å². The Balaban J connectivity index is 1.83. The Morgan fingerprint density at radius 2 is 1.97 bits per heavy atom. The summed E-state index contributed by atoms with van der Waals surface area (Å²) in [4.78, 5) is 10.9. The Kier molecular flexibility index (Phi) is 7.40. The topological polar surface area (TPSA) is 65.0 Å². The molecular formula is C24H27ClO5. The second kappa shape index (κ2) is 10.0. The van der Waals surface area contributed by atoms with Crippen molar-refractivity contribution < 1.29 is 24.1 Å². The molecule has 5 nitrogen and oxygen atoms in total. The minimum absolute atomic E-state index is 0.122. The van der Waals surface area contributed by atoms with E-state index in [1.54, 1.807) is 7.11 Å². The van der Waals surface area contributed by atoms with Gasteiger partial charge in [0, 0.05) is 17.0 Å². The minimum atomic E-state index is -0.790. The van der Waals surface area contributed by atoms with E-state index < -0.39 is 5.97 Å². The van der Waals surface area contributed by atoms with Crippen LogP contribution >= 0.6 is 11.6 Å². The predicted octanol–water partition coefficient (Wildman–Crippen LogP) is 5.24. The van der Waals surface area contributed by atoms with Gasteiger partial charge in [-0.1, -0.05) is 17.7 Å². The molecule has 0 saturated heterocycles. The normalized spacial score (nSPS) is 14.0. The van der Waals surface area contributed by atoms with E-state index in [4.69, 9.17) is 30.9 Å². The third-order valence-electron chi connectivity index (χ3n) is 5.55. The number of hydrogen-bond acceptors (Lipinski definition) is 4. The van der Waals surface area contributed by atoms with E-state index in [9.17, 15) is 4.79 Å². The minimum Gasteiger partial charge on any atom is -0.496 e. The Morgan fingerprint density at radius 3 is 2.70 bits per heavy atom. The maximum atomic E-state index is 10.9. The quantitative estimate of drug-likeness (QED) is 0.620. The van der Waals surface area contributed by atoms with E-state index in [0.29, 0.717) is 31.3 Å². The molecule has 0 aliphatic carbocycles. The average molecular weight is 431 g/mol. The van der Waals surface area contributed by atoms with Crippen molar-refractivity contribution in [2.45, 2.75) is 33.1 Å². The summed E-state index contributed by atoms with van der Waals surface area (Å²) in [6.07, 6.45) is 1.42. The molecule has 0 radical (unpaired) electrons. The van der Waals surface area contributed by atoms with Crippen molar-refractivity contribution in [3.63, 3.8) is 0 Å². The zero-order valence-corrected chi connectivity index (χ0v) is 18.3. The van der Waals surface area contributed by atoms with Gasteiger partial charge in [0.25, 0.3) is 0 Å². The Bertz CT molecular complexity index is 964. The van der Waals surface area contributed by atoms with Crippen molar-refractivity contribution in [2.24, 2.45) is 0 Å². The lowest BCUT2D eigenvalue weighted by Gasteiger charge is -2.23. The van der Waals surface area contributed by atoms with Gasteiger partial charge in [0.15, 0.2) is 0 Å². The first-order valence-corrected chi connectivity index (χ1v) is 10.3. The van der Waals surface area contributed by atoms with E-state index in [1.807, 2.05) is 44.2 Å². The van der Waals surface area contributed by atoms with Gasteiger partial charge < -0.3 is 19.3 Å². The van der Waals surface area contributed by atoms with Crippen molar-refractivity contribution in [2.75, 3.05) is 26.9 Å². The number of ether oxygens (including phenoxy) is 3. The molecule has 30 heavy (non-hydrogen) atoms. The van der Waals surface area contributed by atoms with Gasteiger partial charge in [-0.2, -0.15) is 0 Å². The molecule has 160 valence electrons. The van der Waals surface area contributed by atoms with E-state index in [0.717, 1.165) is 45.7 Å². The summed E-state index contributed by atoms with van der Waals surface area (Å²) >= 11 is 6.12. The first kappa shape index (κ1) is 22.2. The number of hydrogen-bond donors (Lipinski definition) is 1. The molecule has 0 unspecified atom stereocenters. The molecule has 1 N–H and O–H groups in total. The highest BCUT2D eigenvalue weighted by Crippen LogP contribution is 2.35. The van der Waals surface area contributed by atoms with Crippen LogP contribution in [0, 0.1) is 13.8 Å². The Labute approximate surface area is 182 Å². The van der Waals surface area contributed by atoms with E-state index in [2.05, 4.69) is 0 Å². The molecule has 0 fully saturated rings. The highest BCUT2D eigenvalue weighted by molar-refractivity contribution is 6.30. The fourth-order valence-electron chi connectivity index (χ4n) is 3.69. The van der Waals surface area contributed by atoms with Gasteiger partial charge in [0.05, 0.1) is 20.3 Å². The lowest BCUT2D eigenvalue weighted by atomic mass is 9.95.